The summed E-state index contributed by atoms with van der Waals surface area (Å²) < 4.78 is 5.49. The molecule has 0 aliphatic carbocycles. The van der Waals surface area contributed by atoms with Crippen LogP contribution < -0.4 is 10.1 Å². The first kappa shape index (κ1) is 19.5. The first-order valence-corrected chi connectivity index (χ1v) is 9.80. The minimum Gasteiger partial charge on any atom is -0.484 e. The van der Waals surface area contributed by atoms with Crippen molar-refractivity contribution in [1.29, 1.82) is 0 Å². The third kappa shape index (κ3) is 4.41. The van der Waals surface area contributed by atoms with E-state index in [1.165, 1.54) is 0 Å². The number of carbonyl (C=O) groups excluding carboxylic acids is 2. The van der Waals surface area contributed by atoms with Crippen LogP contribution in [0.1, 0.15) is 17.2 Å². The van der Waals surface area contributed by atoms with Gasteiger partial charge >= 0.3 is 0 Å². The van der Waals surface area contributed by atoms with E-state index in [1.54, 1.807) is 23.2 Å². The van der Waals surface area contributed by atoms with Crippen LogP contribution in [0.2, 0.25) is 0 Å². The molecule has 1 N–H and O–H groups in total. The van der Waals surface area contributed by atoms with Crippen molar-refractivity contribution in [3.63, 3.8) is 0 Å². The Morgan fingerprint density at radius 3 is 2.17 bits per heavy atom. The summed E-state index contributed by atoms with van der Waals surface area (Å²) in [6, 6.07) is 27.7. The van der Waals surface area contributed by atoms with Gasteiger partial charge in [0.2, 0.25) is 0 Å². The van der Waals surface area contributed by atoms with Gasteiger partial charge in [-0.3, -0.25) is 9.59 Å². The van der Waals surface area contributed by atoms with Crippen LogP contribution in [-0.4, -0.2) is 29.4 Å². The average Bonchev–Trinajstić information content (AvgIpc) is 2.80. The number of carbonyl (C=O) groups is 2. The number of amides is 2. The maximum atomic E-state index is 12.8. The minimum absolute atomic E-state index is 0.144. The molecule has 0 radical (unpaired) electrons. The Morgan fingerprint density at radius 1 is 0.900 bits per heavy atom. The van der Waals surface area contributed by atoms with E-state index in [4.69, 9.17) is 4.74 Å². The lowest BCUT2D eigenvalue weighted by molar-refractivity contribution is -0.149. The lowest BCUT2D eigenvalue weighted by Crippen LogP contribution is -2.64. The first-order valence-electron chi connectivity index (χ1n) is 9.80. The van der Waals surface area contributed by atoms with Crippen LogP contribution in [0.25, 0.3) is 6.08 Å². The van der Waals surface area contributed by atoms with Gasteiger partial charge in [-0.2, -0.15) is 0 Å². The highest BCUT2D eigenvalue weighted by Crippen LogP contribution is 2.35. The van der Waals surface area contributed by atoms with Crippen molar-refractivity contribution in [3.05, 3.63) is 108 Å². The fourth-order valence-corrected chi connectivity index (χ4v) is 3.43. The molecule has 1 aliphatic rings. The minimum atomic E-state index is -0.625. The Labute approximate surface area is 175 Å². The summed E-state index contributed by atoms with van der Waals surface area (Å²) in [6.07, 6.45) is 3.67. The summed E-state index contributed by atoms with van der Waals surface area (Å²) in [6.45, 7) is -0.144. The zero-order valence-electron chi connectivity index (χ0n) is 16.3. The lowest BCUT2D eigenvalue weighted by Gasteiger charge is -2.45. The van der Waals surface area contributed by atoms with Gasteiger partial charge in [0, 0.05) is 6.20 Å². The molecule has 1 saturated heterocycles. The van der Waals surface area contributed by atoms with Crippen molar-refractivity contribution in [2.24, 2.45) is 0 Å². The highest BCUT2D eigenvalue weighted by atomic mass is 16.5. The summed E-state index contributed by atoms with van der Waals surface area (Å²) in [7, 11) is 0. The van der Waals surface area contributed by atoms with Crippen molar-refractivity contribution in [1.82, 2.24) is 10.2 Å². The molecule has 2 amide bonds. The number of likely N-dealkylation sites (tertiary alicyclic amines) is 1. The smallest absolute Gasteiger partial charge is 0.258 e. The molecule has 3 aromatic carbocycles. The normalized spacial score (nSPS) is 18.1. The Bertz CT molecular complexity index is 1020. The molecule has 1 heterocycles. The standard InChI is InChI=1S/C25H22N2O3/c28-22(18-30-21-14-8-3-9-15-21)26-23-24(20-12-6-2-7-13-20)27(25(23)29)17-16-19-10-4-1-5-11-19/h1-17,23-24H,18H2,(H,26,28)/b17-16+. The number of benzene rings is 3. The molecule has 5 nitrogen and oxygen atoms in total. The molecule has 2 atom stereocenters. The van der Waals surface area contributed by atoms with E-state index in [0.29, 0.717) is 5.75 Å². The summed E-state index contributed by atoms with van der Waals surface area (Å²) in [5, 5.41) is 2.82. The number of nitrogens with one attached hydrogen (secondary N) is 1. The predicted octanol–water partition coefficient (Wildman–Crippen LogP) is 3.80. The molecule has 30 heavy (non-hydrogen) atoms. The van der Waals surface area contributed by atoms with Gasteiger partial charge in [0.15, 0.2) is 6.61 Å². The van der Waals surface area contributed by atoms with Crippen LogP contribution >= 0.6 is 0 Å². The number of rotatable bonds is 7. The van der Waals surface area contributed by atoms with Gasteiger partial charge in [0.25, 0.3) is 11.8 Å². The fraction of sp³-hybridized carbons (Fsp3) is 0.120. The molecular formula is C25H22N2O3. The predicted molar refractivity (Wildman–Crippen MR) is 115 cm³/mol. The molecule has 1 fully saturated rings. The van der Waals surface area contributed by atoms with Gasteiger partial charge in [-0.25, -0.2) is 0 Å². The van der Waals surface area contributed by atoms with Crippen molar-refractivity contribution >= 4 is 17.9 Å². The summed E-state index contributed by atoms with van der Waals surface area (Å²) in [4.78, 5) is 26.9. The highest BCUT2D eigenvalue weighted by molar-refractivity contribution is 5.95. The fourth-order valence-electron chi connectivity index (χ4n) is 3.43. The Morgan fingerprint density at radius 2 is 1.50 bits per heavy atom. The molecule has 150 valence electrons. The van der Waals surface area contributed by atoms with Crippen molar-refractivity contribution in [2.45, 2.75) is 12.1 Å². The number of β-lactam (4-membered cyclic amide) rings is 1. The second kappa shape index (κ2) is 9.09. The molecule has 4 rings (SSSR count). The number of ether oxygens (including phenoxy) is 1. The SMILES string of the molecule is O=C(COc1ccccc1)NC1C(=O)N(/C=C/c2ccccc2)C1c1ccccc1. The van der Waals surface area contributed by atoms with Crippen molar-refractivity contribution in [3.8, 4) is 5.75 Å². The van der Waals surface area contributed by atoms with Crippen LogP contribution in [0, 0.1) is 0 Å². The lowest BCUT2D eigenvalue weighted by atomic mass is 9.88. The largest absolute Gasteiger partial charge is 0.484 e. The van der Waals surface area contributed by atoms with Gasteiger partial charge in [0.05, 0.1) is 6.04 Å². The van der Waals surface area contributed by atoms with Gasteiger partial charge in [0.1, 0.15) is 11.8 Å². The Hall–Kier alpha value is -3.86. The van der Waals surface area contributed by atoms with Crippen LogP contribution in [0.4, 0.5) is 0 Å². The summed E-state index contributed by atoms with van der Waals surface area (Å²) in [5.41, 5.74) is 1.96. The number of para-hydroxylation sites is 1. The summed E-state index contributed by atoms with van der Waals surface area (Å²) >= 11 is 0. The molecule has 2 unspecified atom stereocenters. The monoisotopic (exact) mass is 398 g/mol. The molecule has 5 heteroatoms. The van der Waals surface area contributed by atoms with E-state index in [0.717, 1.165) is 11.1 Å². The molecule has 1 aliphatic heterocycles. The van der Waals surface area contributed by atoms with Crippen LogP contribution in [0.15, 0.2) is 97.2 Å². The number of nitrogens with zero attached hydrogens (tertiary/aromatic N) is 1. The maximum Gasteiger partial charge on any atom is 0.258 e. The first-order chi connectivity index (χ1) is 14.7. The molecular weight excluding hydrogens is 376 g/mol. The van der Waals surface area contributed by atoms with Gasteiger partial charge in [-0.05, 0) is 29.3 Å². The number of hydrogen-bond donors (Lipinski definition) is 1. The number of hydrogen-bond acceptors (Lipinski definition) is 3. The van der Waals surface area contributed by atoms with Gasteiger partial charge in [-0.1, -0.05) is 78.9 Å². The van der Waals surface area contributed by atoms with E-state index < -0.39 is 6.04 Å². The summed E-state index contributed by atoms with van der Waals surface area (Å²) in [5.74, 6) is 0.133. The Kier molecular flexibility index (Phi) is 5.90. The highest BCUT2D eigenvalue weighted by Gasteiger charge is 2.47. The van der Waals surface area contributed by atoms with Crippen LogP contribution in [-0.2, 0) is 9.59 Å². The van der Waals surface area contributed by atoms with E-state index in [-0.39, 0.29) is 24.5 Å². The topological polar surface area (TPSA) is 58.6 Å². The third-order valence-corrected chi connectivity index (χ3v) is 4.93. The zero-order chi connectivity index (χ0) is 20.8. The van der Waals surface area contributed by atoms with Crippen molar-refractivity contribution < 1.29 is 14.3 Å². The van der Waals surface area contributed by atoms with E-state index in [9.17, 15) is 9.59 Å². The van der Waals surface area contributed by atoms with E-state index >= 15 is 0 Å². The van der Waals surface area contributed by atoms with Crippen molar-refractivity contribution in [2.75, 3.05) is 6.61 Å². The zero-order valence-corrected chi connectivity index (χ0v) is 16.3. The average molecular weight is 398 g/mol. The van der Waals surface area contributed by atoms with Crippen LogP contribution in [0.5, 0.6) is 5.75 Å². The third-order valence-electron chi connectivity index (χ3n) is 4.93. The molecule has 0 aromatic heterocycles. The Balaban J connectivity index is 1.46. The van der Waals surface area contributed by atoms with Crippen LogP contribution in [0.3, 0.4) is 0 Å². The second-order valence-corrected chi connectivity index (χ2v) is 6.97. The molecule has 3 aromatic rings. The second-order valence-electron chi connectivity index (χ2n) is 6.97. The van der Waals surface area contributed by atoms with Gasteiger partial charge in [-0.15, -0.1) is 0 Å². The van der Waals surface area contributed by atoms with Gasteiger partial charge < -0.3 is 15.0 Å². The molecule has 0 spiro atoms. The van der Waals surface area contributed by atoms with E-state index in [2.05, 4.69) is 5.32 Å². The maximum absolute atomic E-state index is 12.8. The van der Waals surface area contributed by atoms with E-state index in [1.807, 2.05) is 84.9 Å². The quantitative estimate of drug-likeness (QED) is 0.616. The molecule has 0 saturated carbocycles. The molecule has 0 bridgehead atoms.